The van der Waals surface area contributed by atoms with Crippen molar-refractivity contribution in [1.82, 2.24) is 25.0 Å². The number of benzene rings is 1. The van der Waals surface area contributed by atoms with Crippen molar-refractivity contribution < 1.29 is 14.7 Å². The zero-order valence-corrected chi connectivity index (χ0v) is 15.4. The molecule has 3 unspecified atom stereocenters. The van der Waals surface area contributed by atoms with Crippen LogP contribution in [0.5, 0.6) is 0 Å². The van der Waals surface area contributed by atoms with Crippen LogP contribution in [-0.2, 0) is 4.79 Å². The Morgan fingerprint density at radius 2 is 1.96 bits per heavy atom. The summed E-state index contributed by atoms with van der Waals surface area (Å²) in [6.45, 7) is 1.11. The number of aliphatic hydroxyl groups excluding tert-OH is 1. The molecule has 0 spiro atoms. The van der Waals surface area contributed by atoms with E-state index in [0.29, 0.717) is 19.5 Å². The Labute approximate surface area is 157 Å². The van der Waals surface area contributed by atoms with Gasteiger partial charge in [0.15, 0.2) is 6.29 Å². The second kappa shape index (κ2) is 6.91. The number of hydrogen-bond acceptors (Lipinski definition) is 7. The third-order valence-electron chi connectivity index (χ3n) is 5.40. The number of likely N-dealkylation sites (N-methyl/N-ethyl adjacent to an activating group) is 2. The Kier molecular flexibility index (Phi) is 4.58. The van der Waals surface area contributed by atoms with E-state index < -0.39 is 12.2 Å². The summed E-state index contributed by atoms with van der Waals surface area (Å²) in [5.74, 6) is -0.213. The molecule has 3 aliphatic heterocycles. The molecule has 144 valence electrons. The molecule has 0 aromatic heterocycles. The fourth-order valence-electron chi connectivity index (χ4n) is 3.96. The van der Waals surface area contributed by atoms with Gasteiger partial charge < -0.3 is 10.0 Å². The van der Waals surface area contributed by atoms with E-state index in [0.717, 1.165) is 11.3 Å². The third kappa shape index (κ3) is 2.88. The highest BCUT2D eigenvalue weighted by molar-refractivity contribution is 6.04. The molecule has 27 heavy (non-hydrogen) atoms. The number of rotatable bonds is 4. The number of hydrazone groups is 1. The third-order valence-corrected chi connectivity index (χ3v) is 5.40. The van der Waals surface area contributed by atoms with Crippen molar-refractivity contribution in [2.45, 2.75) is 24.9 Å². The zero-order chi connectivity index (χ0) is 19.1. The normalized spacial score (nSPS) is 28.3. The molecule has 2 N–H and O–H groups in total. The number of amides is 3. The van der Waals surface area contributed by atoms with Gasteiger partial charge in [-0.3, -0.25) is 20.0 Å². The van der Waals surface area contributed by atoms with Crippen molar-refractivity contribution in [3.05, 3.63) is 35.9 Å². The summed E-state index contributed by atoms with van der Waals surface area (Å²) in [6, 6.07) is 9.06. The maximum atomic E-state index is 12.9. The number of carbonyl (C=O) groups excluding carboxylic acids is 2. The Hall–Kier alpha value is -2.49. The lowest BCUT2D eigenvalue weighted by atomic mass is 10.1. The monoisotopic (exact) mass is 372 g/mol. The molecule has 4 rings (SSSR count). The van der Waals surface area contributed by atoms with Gasteiger partial charge in [0.2, 0.25) is 0 Å². The van der Waals surface area contributed by atoms with Gasteiger partial charge in [-0.05, 0) is 12.0 Å². The molecule has 0 saturated carbocycles. The van der Waals surface area contributed by atoms with Gasteiger partial charge in [0, 0.05) is 33.8 Å². The molecular weight excluding hydrogens is 348 g/mol. The van der Waals surface area contributed by atoms with Crippen molar-refractivity contribution in [3.63, 3.8) is 0 Å². The van der Waals surface area contributed by atoms with Crippen LogP contribution in [0.25, 0.3) is 0 Å². The Morgan fingerprint density at radius 1 is 1.22 bits per heavy atom. The molecule has 1 aromatic carbocycles. The molecule has 1 aromatic rings. The molecule has 0 bridgehead atoms. The Bertz CT molecular complexity index is 770. The Morgan fingerprint density at radius 3 is 2.67 bits per heavy atom. The summed E-state index contributed by atoms with van der Waals surface area (Å²) < 4.78 is 0. The lowest BCUT2D eigenvalue weighted by Gasteiger charge is -2.41. The van der Waals surface area contributed by atoms with Gasteiger partial charge >= 0.3 is 6.03 Å². The van der Waals surface area contributed by atoms with Crippen molar-refractivity contribution in [2.24, 2.45) is 5.10 Å². The summed E-state index contributed by atoms with van der Waals surface area (Å²) in [4.78, 5) is 30.0. The first-order chi connectivity index (χ1) is 13.0. The maximum absolute atomic E-state index is 12.9. The van der Waals surface area contributed by atoms with Crippen LogP contribution >= 0.6 is 0 Å². The molecule has 3 heterocycles. The number of hydrogen-bond donors (Lipinski definition) is 2. The average molecular weight is 372 g/mol. The fourth-order valence-corrected chi connectivity index (χ4v) is 3.96. The van der Waals surface area contributed by atoms with Gasteiger partial charge in [-0.25, -0.2) is 9.69 Å². The van der Waals surface area contributed by atoms with E-state index in [-0.39, 0.29) is 24.8 Å². The van der Waals surface area contributed by atoms with Gasteiger partial charge in [-0.15, -0.1) is 0 Å². The highest BCUT2D eigenvalue weighted by Crippen LogP contribution is 2.30. The van der Waals surface area contributed by atoms with Gasteiger partial charge in [0.1, 0.15) is 12.2 Å². The van der Waals surface area contributed by atoms with Crippen LogP contribution in [0.4, 0.5) is 4.79 Å². The van der Waals surface area contributed by atoms with Crippen molar-refractivity contribution in [2.75, 3.05) is 33.8 Å². The zero-order valence-electron chi connectivity index (χ0n) is 15.4. The summed E-state index contributed by atoms with van der Waals surface area (Å²) in [7, 11) is 3.22. The van der Waals surface area contributed by atoms with E-state index in [1.807, 2.05) is 35.3 Å². The number of urea groups is 1. The van der Waals surface area contributed by atoms with Crippen LogP contribution in [-0.4, -0.2) is 94.8 Å². The predicted molar refractivity (Wildman–Crippen MR) is 98.5 cm³/mol. The molecule has 9 heteroatoms. The molecule has 3 aliphatic rings. The molecule has 2 fully saturated rings. The van der Waals surface area contributed by atoms with Crippen molar-refractivity contribution in [1.29, 1.82) is 0 Å². The van der Waals surface area contributed by atoms with E-state index in [9.17, 15) is 14.7 Å². The standard InChI is InChI=1S/C18H24N6O3/c1-21-15-14(16(26)22(2)18(21)27)23-11-13(12-7-4-3-5-8-12)20-24(9-6-10-25)17(23)19-15/h3-5,7-8,14-15,17,19,25H,6,9-11H2,1-2H3. The lowest BCUT2D eigenvalue weighted by molar-refractivity contribution is -0.137. The molecule has 2 saturated heterocycles. The minimum absolute atomic E-state index is 0.0618. The summed E-state index contributed by atoms with van der Waals surface area (Å²) >= 11 is 0. The first kappa shape index (κ1) is 17.9. The smallest absolute Gasteiger partial charge is 0.327 e. The van der Waals surface area contributed by atoms with Crippen molar-refractivity contribution in [3.8, 4) is 0 Å². The highest BCUT2D eigenvalue weighted by atomic mass is 16.3. The molecule has 3 atom stereocenters. The number of aliphatic hydroxyl groups is 1. The van der Waals surface area contributed by atoms with E-state index in [2.05, 4.69) is 10.2 Å². The summed E-state index contributed by atoms with van der Waals surface area (Å²) in [5.41, 5.74) is 1.86. The minimum atomic E-state index is -0.478. The molecule has 0 aliphatic carbocycles. The van der Waals surface area contributed by atoms with Crippen LogP contribution in [0.15, 0.2) is 35.4 Å². The van der Waals surface area contributed by atoms with E-state index in [1.165, 1.54) is 11.9 Å². The van der Waals surface area contributed by atoms with E-state index in [1.54, 1.807) is 11.9 Å². The van der Waals surface area contributed by atoms with Gasteiger partial charge in [0.25, 0.3) is 5.91 Å². The van der Waals surface area contributed by atoms with Gasteiger partial charge in [-0.1, -0.05) is 30.3 Å². The van der Waals surface area contributed by atoms with Gasteiger partial charge in [-0.2, -0.15) is 5.10 Å². The first-order valence-corrected chi connectivity index (χ1v) is 9.09. The largest absolute Gasteiger partial charge is 0.396 e. The summed E-state index contributed by atoms with van der Waals surface area (Å²) in [6.07, 6.45) is -0.145. The molecular formula is C18H24N6O3. The number of nitrogens with one attached hydrogen (secondary N) is 1. The SMILES string of the molecule is CN1C(=O)C2C(NC3N(CCCO)N=C(c4ccccc4)CN23)N(C)C1=O. The number of carbonyl (C=O) groups is 2. The quantitative estimate of drug-likeness (QED) is 0.740. The average Bonchev–Trinajstić information content (AvgIpc) is 3.09. The number of nitrogens with zero attached hydrogens (tertiary/aromatic N) is 5. The number of fused-ring (bicyclic) bond motifs is 3. The maximum Gasteiger partial charge on any atom is 0.327 e. The highest BCUT2D eigenvalue weighted by Gasteiger charge is 2.55. The van der Waals surface area contributed by atoms with Crippen LogP contribution in [0.1, 0.15) is 12.0 Å². The van der Waals surface area contributed by atoms with Gasteiger partial charge in [0.05, 0.1) is 5.71 Å². The van der Waals surface area contributed by atoms with E-state index in [4.69, 9.17) is 5.10 Å². The van der Waals surface area contributed by atoms with Crippen LogP contribution in [0.3, 0.4) is 0 Å². The topological polar surface area (TPSA) is 91.7 Å². The molecule has 3 amide bonds. The second-order valence-corrected chi connectivity index (χ2v) is 7.05. The molecule has 0 radical (unpaired) electrons. The van der Waals surface area contributed by atoms with Crippen LogP contribution in [0, 0.1) is 0 Å². The fraction of sp³-hybridized carbons (Fsp3) is 0.500. The number of imide groups is 1. The van der Waals surface area contributed by atoms with Crippen LogP contribution in [0.2, 0.25) is 0 Å². The predicted octanol–water partition coefficient (Wildman–Crippen LogP) is -0.504. The van der Waals surface area contributed by atoms with E-state index >= 15 is 0 Å². The van der Waals surface area contributed by atoms with Crippen LogP contribution < -0.4 is 5.32 Å². The Balaban J connectivity index is 1.69. The summed E-state index contributed by atoms with van der Waals surface area (Å²) in [5, 5.41) is 19.3. The molecule has 9 nitrogen and oxygen atoms in total. The van der Waals surface area contributed by atoms with Crippen molar-refractivity contribution >= 4 is 17.6 Å². The first-order valence-electron chi connectivity index (χ1n) is 9.09. The lowest BCUT2D eigenvalue weighted by Crippen LogP contribution is -2.65. The minimum Gasteiger partial charge on any atom is -0.396 e. The second-order valence-electron chi connectivity index (χ2n) is 7.05.